The highest BCUT2D eigenvalue weighted by atomic mass is 16.5. The lowest BCUT2D eigenvalue weighted by Crippen LogP contribution is -1.98. The van der Waals surface area contributed by atoms with Gasteiger partial charge in [-0.3, -0.25) is 0 Å². The Kier molecular flexibility index (Phi) is 7.80. The Labute approximate surface area is 127 Å². The highest BCUT2D eigenvalue weighted by molar-refractivity contribution is 5.66. The SMILES string of the molecule is COc1c(C/C=C/[C-]=[O+]C)cc(C)cc1C/C=C/[C-]=[O+]C. The molecule has 3 nitrogen and oxygen atoms in total. The van der Waals surface area contributed by atoms with Crippen LogP contribution in [0, 0.1) is 6.92 Å². The Bertz CT molecular complexity index is 507. The minimum absolute atomic E-state index is 0.772. The molecule has 0 saturated heterocycles. The average molecular weight is 286 g/mol. The Hall–Kier alpha value is -2.16. The van der Waals surface area contributed by atoms with E-state index in [1.165, 1.54) is 5.56 Å². The van der Waals surface area contributed by atoms with E-state index in [-0.39, 0.29) is 0 Å². The first-order valence-corrected chi connectivity index (χ1v) is 6.76. The highest BCUT2D eigenvalue weighted by Crippen LogP contribution is 2.27. The van der Waals surface area contributed by atoms with Crippen LogP contribution < -0.4 is 4.74 Å². The third kappa shape index (κ3) is 5.78. The molecule has 1 aromatic carbocycles. The van der Waals surface area contributed by atoms with Crippen LogP contribution in [0.4, 0.5) is 0 Å². The molecular weight excluding hydrogens is 264 g/mol. The molecule has 0 N–H and O–H groups in total. The maximum Gasteiger partial charge on any atom is 0.229 e. The number of hydrogen-bond donors (Lipinski definition) is 0. The summed E-state index contributed by atoms with van der Waals surface area (Å²) in [7, 11) is 4.86. The van der Waals surface area contributed by atoms with Crippen LogP contribution in [-0.4, -0.2) is 33.9 Å². The van der Waals surface area contributed by atoms with Gasteiger partial charge in [0.25, 0.3) is 0 Å². The van der Waals surface area contributed by atoms with Crippen LogP contribution in [0.1, 0.15) is 16.7 Å². The zero-order valence-corrected chi connectivity index (χ0v) is 13.1. The van der Waals surface area contributed by atoms with Crippen molar-refractivity contribution < 1.29 is 13.6 Å². The van der Waals surface area contributed by atoms with E-state index < -0.39 is 0 Å². The first-order chi connectivity index (χ1) is 10.2. The topological polar surface area (TPSA) is 31.8 Å². The van der Waals surface area contributed by atoms with Gasteiger partial charge in [0.1, 0.15) is 5.75 Å². The van der Waals surface area contributed by atoms with Crippen molar-refractivity contribution >= 4 is 12.6 Å². The van der Waals surface area contributed by atoms with E-state index in [4.69, 9.17) is 13.6 Å². The number of allylic oxidation sites excluding steroid dienone is 4. The predicted octanol–water partition coefficient (Wildman–Crippen LogP) is 2.75. The monoisotopic (exact) mass is 286 g/mol. The van der Waals surface area contributed by atoms with Gasteiger partial charge >= 0.3 is 0 Å². The summed E-state index contributed by atoms with van der Waals surface area (Å²) in [6.45, 7) is 2.08. The summed E-state index contributed by atoms with van der Waals surface area (Å²) in [6, 6.07) is 4.27. The lowest BCUT2D eigenvalue weighted by Gasteiger charge is -2.15. The second-order valence-electron chi connectivity index (χ2n) is 4.47. The number of ether oxygens (including phenoxy) is 1. The second-order valence-corrected chi connectivity index (χ2v) is 4.47. The Morgan fingerprint density at radius 2 is 1.48 bits per heavy atom. The van der Waals surface area contributed by atoms with Crippen molar-refractivity contribution in [3.8, 4) is 5.75 Å². The van der Waals surface area contributed by atoms with Gasteiger partial charge in [-0.1, -0.05) is 30.5 Å². The summed E-state index contributed by atoms with van der Waals surface area (Å²) in [5.74, 6) is 0.921. The average Bonchev–Trinajstić information content (AvgIpc) is 2.48. The molecule has 0 bridgehead atoms. The summed E-state index contributed by atoms with van der Waals surface area (Å²) in [5, 5.41) is 0. The van der Waals surface area contributed by atoms with E-state index in [9.17, 15) is 0 Å². The number of rotatable bonds is 7. The van der Waals surface area contributed by atoms with Crippen LogP contribution >= 0.6 is 0 Å². The standard InChI is InChI=1S/C18H22O3/c1-15-13-16(9-5-7-11-19-2)18(21-4)17(14-15)10-6-8-12-20-3/h5-8,13-14H,9-10H2,1-4H3/b7-5+,8-6+. The third-order valence-electron chi connectivity index (χ3n) is 2.87. The molecule has 0 aliphatic carbocycles. The molecule has 0 atom stereocenters. The van der Waals surface area contributed by atoms with Gasteiger partial charge in [0.15, 0.2) is 0 Å². The second kappa shape index (κ2) is 9.70. The van der Waals surface area contributed by atoms with Crippen LogP contribution in [0.25, 0.3) is 0 Å². The van der Waals surface area contributed by atoms with Crippen molar-refractivity contribution in [3.05, 3.63) is 53.1 Å². The van der Waals surface area contributed by atoms with Crippen LogP contribution in [-0.2, 0) is 21.7 Å². The molecule has 0 radical (unpaired) electrons. The molecule has 0 heterocycles. The van der Waals surface area contributed by atoms with Gasteiger partial charge in [0, 0.05) is 0 Å². The van der Waals surface area contributed by atoms with Crippen molar-refractivity contribution in [2.75, 3.05) is 21.3 Å². The van der Waals surface area contributed by atoms with Gasteiger partial charge in [-0.05, 0) is 18.1 Å². The molecule has 112 valence electrons. The van der Waals surface area contributed by atoms with Gasteiger partial charge in [-0.15, -0.1) is 12.2 Å². The minimum atomic E-state index is 0.772. The highest BCUT2D eigenvalue weighted by Gasteiger charge is 2.06. The molecule has 0 amide bonds. The first-order valence-electron chi connectivity index (χ1n) is 6.76. The predicted molar refractivity (Wildman–Crippen MR) is 86.7 cm³/mol. The molecule has 0 fully saturated rings. The van der Waals surface area contributed by atoms with Gasteiger partial charge in [0.2, 0.25) is 26.8 Å². The van der Waals surface area contributed by atoms with Crippen molar-refractivity contribution in [1.29, 1.82) is 0 Å². The minimum Gasteiger partial charge on any atom is -0.496 e. The largest absolute Gasteiger partial charge is 0.496 e. The fourth-order valence-electron chi connectivity index (χ4n) is 2.10. The molecule has 0 aliphatic rings. The van der Waals surface area contributed by atoms with Crippen molar-refractivity contribution in [1.82, 2.24) is 0 Å². The summed E-state index contributed by atoms with van der Waals surface area (Å²) in [4.78, 5) is 0. The van der Waals surface area contributed by atoms with Crippen LogP contribution in [0.5, 0.6) is 5.75 Å². The third-order valence-corrected chi connectivity index (χ3v) is 2.87. The number of methoxy groups -OCH3 is 1. The molecule has 3 heteroatoms. The van der Waals surface area contributed by atoms with E-state index in [1.54, 1.807) is 33.5 Å². The van der Waals surface area contributed by atoms with Crippen LogP contribution in [0.15, 0.2) is 36.4 Å². The lowest BCUT2D eigenvalue weighted by molar-refractivity contribution is 0.186. The zero-order valence-electron chi connectivity index (χ0n) is 13.1. The van der Waals surface area contributed by atoms with Crippen LogP contribution in [0.3, 0.4) is 0 Å². The van der Waals surface area contributed by atoms with Gasteiger partial charge in [0.05, 0.1) is 7.11 Å². The van der Waals surface area contributed by atoms with Crippen LogP contribution in [0.2, 0.25) is 0 Å². The molecule has 0 saturated carbocycles. The fourth-order valence-corrected chi connectivity index (χ4v) is 2.10. The first kappa shape index (κ1) is 16.9. The molecule has 21 heavy (non-hydrogen) atoms. The van der Waals surface area contributed by atoms with E-state index in [2.05, 4.69) is 31.6 Å². The van der Waals surface area contributed by atoms with E-state index in [1.807, 2.05) is 12.2 Å². The number of aryl methyl sites for hydroxylation is 1. The van der Waals surface area contributed by atoms with Gasteiger partial charge in [-0.25, -0.2) is 12.2 Å². The van der Waals surface area contributed by atoms with Gasteiger partial charge < -0.3 is 13.6 Å². The molecule has 0 spiro atoms. The Morgan fingerprint density at radius 1 is 1.00 bits per heavy atom. The maximum atomic E-state index is 5.57. The summed E-state index contributed by atoms with van der Waals surface area (Å²) < 4.78 is 15.1. The maximum absolute atomic E-state index is 5.57. The molecular formula is C18H22O3. The van der Waals surface area contributed by atoms with Crippen molar-refractivity contribution in [2.24, 2.45) is 0 Å². The molecule has 1 rings (SSSR count). The molecule has 0 aliphatic heterocycles. The van der Waals surface area contributed by atoms with Crippen molar-refractivity contribution in [2.45, 2.75) is 19.8 Å². The molecule has 1 aromatic rings. The fraction of sp³-hybridized carbons (Fsp3) is 0.333. The number of hydrogen-bond acceptors (Lipinski definition) is 1. The molecule has 0 aromatic heterocycles. The Balaban J connectivity index is 2.99. The number of carbonyl (C=O) groups excluding carboxylic acids is 2. The summed E-state index contributed by atoms with van der Waals surface area (Å²) in [5.41, 5.74) is 3.51. The zero-order chi connectivity index (χ0) is 15.5. The normalized spacial score (nSPS) is 12.4. The van der Waals surface area contributed by atoms with E-state index in [0.717, 1.165) is 29.7 Å². The smallest absolute Gasteiger partial charge is 0.229 e. The lowest BCUT2D eigenvalue weighted by atomic mass is 10.00. The van der Waals surface area contributed by atoms with E-state index >= 15 is 0 Å². The van der Waals surface area contributed by atoms with Gasteiger partial charge in [-0.2, -0.15) is 0 Å². The molecule has 0 unspecified atom stereocenters. The summed E-state index contributed by atoms with van der Waals surface area (Å²) in [6.07, 6.45) is 14.4. The quantitative estimate of drug-likeness (QED) is 0.431. The summed E-state index contributed by atoms with van der Waals surface area (Å²) >= 11 is 0. The van der Waals surface area contributed by atoms with E-state index in [0.29, 0.717) is 0 Å². The van der Waals surface area contributed by atoms with Crippen molar-refractivity contribution in [3.63, 3.8) is 0 Å². The Morgan fingerprint density at radius 3 is 1.86 bits per heavy atom. The number of benzene rings is 1.